The summed E-state index contributed by atoms with van der Waals surface area (Å²) < 4.78 is 0.984. The van der Waals surface area contributed by atoms with Crippen molar-refractivity contribution < 1.29 is 0 Å². The van der Waals surface area contributed by atoms with Crippen molar-refractivity contribution in [3.63, 3.8) is 0 Å². The highest BCUT2D eigenvalue weighted by atomic mass is 79.9. The molecule has 2 heterocycles. The third-order valence-electron chi connectivity index (χ3n) is 3.21. The lowest BCUT2D eigenvalue weighted by atomic mass is 10.1. The van der Waals surface area contributed by atoms with Gasteiger partial charge < -0.3 is 5.73 Å². The van der Waals surface area contributed by atoms with Crippen molar-refractivity contribution >= 4 is 27.7 Å². The molecule has 0 atom stereocenters. The van der Waals surface area contributed by atoms with Crippen molar-refractivity contribution in [3.8, 4) is 0 Å². The predicted octanol–water partition coefficient (Wildman–Crippen LogP) is 3.34. The number of fused-ring (bicyclic) bond motifs is 1. The number of rotatable bonds is 3. The first-order valence-electron chi connectivity index (χ1n) is 6.27. The van der Waals surface area contributed by atoms with E-state index in [4.69, 9.17) is 10.7 Å². The number of aromatic nitrogens is 2. The summed E-state index contributed by atoms with van der Waals surface area (Å²) in [4.78, 5) is 9.15. The topological polar surface area (TPSA) is 51.8 Å². The fourth-order valence-corrected chi connectivity index (χ4v) is 3.36. The minimum Gasteiger partial charge on any atom is -0.326 e. The van der Waals surface area contributed by atoms with Crippen LogP contribution in [-0.2, 0) is 19.4 Å². The monoisotopic (exact) mass is 335 g/mol. The Morgan fingerprint density at radius 2 is 2.21 bits per heavy atom. The molecule has 0 spiro atoms. The van der Waals surface area contributed by atoms with Crippen LogP contribution in [0.4, 0.5) is 0 Å². The molecule has 0 aromatic carbocycles. The summed E-state index contributed by atoms with van der Waals surface area (Å²) in [7, 11) is 0. The zero-order valence-corrected chi connectivity index (χ0v) is 12.8. The molecule has 19 heavy (non-hydrogen) atoms. The van der Waals surface area contributed by atoms with Crippen LogP contribution in [0.25, 0.3) is 0 Å². The fourth-order valence-electron chi connectivity index (χ4n) is 2.26. The number of aryl methyl sites for hydroxylation is 2. The van der Waals surface area contributed by atoms with Gasteiger partial charge >= 0.3 is 0 Å². The van der Waals surface area contributed by atoms with Gasteiger partial charge in [0.1, 0.15) is 10.1 Å². The van der Waals surface area contributed by atoms with Crippen LogP contribution in [0.15, 0.2) is 38.9 Å². The minimum absolute atomic E-state index is 0.527. The van der Waals surface area contributed by atoms with Gasteiger partial charge in [-0.3, -0.25) is 0 Å². The molecule has 3 rings (SSSR count). The second-order valence-electron chi connectivity index (χ2n) is 4.53. The Balaban J connectivity index is 1.93. The number of nitrogens with two attached hydrogens (primary N) is 1. The molecular formula is C14H14BrN3S. The summed E-state index contributed by atoms with van der Waals surface area (Å²) in [5, 5.41) is 1.95. The van der Waals surface area contributed by atoms with E-state index >= 15 is 0 Å². The summed E-state index contributed by atoms with van der Waals surface area (Å²) in [6.07, 6.45) is 5.23. The van der Waals surface area contributed by atoms with Crippen LogP contribution in [0.1, 0.15) is 23.2 Å². The summed E-state index contributed by atoms with van der Waals surface area (Å²) in [6, 6.07) is 6.20. The summed E-state index contributed by atoms with van der Waals surface area (Å²) >= 11 is 4.98. The van der Waals surface area contributed by atoms with Crippen LogP contribution >= 0.6 is 27.7 Å². The van der Waals surface area contributed by atoms with Crippen LogP contribution in [0.2, 0.25) is 0 Å². The lowest BCUT2D eigenvalue weighted by molar-refractivity contribution is 0.883. The van der Waals surface area contributed by atoms with E-state index in [1.165, 1.54) is 17.7 Å². The van der Waals surface area contributed by atoms with Gasteiger partial charge in [-0.1, -0.05) is 6.07 Å². The molecule has 0 aliphatic heterocycles. The highest BCUT2D eigenvalue weighted by Gasteiger charge is 2.16. The van der Waals surface area contributed by atoms with Gasteiger partial charge in [-0.15, -0.1) is 0 Å². The first-order chi connectivity index (χ1) is 9.26. The second-order valence-corrected chi connectivity index (χ2v) is 6.46. The maximum absolute atomic E-state index is 5.84. The maximum Gasteiger partial charge on any atom is 0.107 e. The van der Waals surface area contributed by atoms with Crippen molar-refractivity contribution in [2.75, 3.05) is 0 Å². The molecule has 0 unspecified atom stereocenters. The number of halogens is 1. The zero-order valence-electron chi connectivity index (χ0n) is 10.4. The highest BCUT2D eigenvalue weighted by molar-refractivity contribution is 9.10. The molecule has 0 bridgehead atoms. The molecule has 0 fully saturated rings. The Morgan fingerprint density at radius 3 is 2.95 bits per heavy atom. The third kappa shape index (κ3) is 2.83. The normalized spacial score (nSPS) is 13.6. The fraction of sp³-hybridized carbons (Fsp3) is 0.286. The number of hydrogen-bond donors (Lipinski definition) is 1. The molecule has 0 saturated carbocycles. The van der Waals surface area contributed by atoms with Gasteiger partial charge in [-0.25, -0.2) is 9.97 Å². The molecule has 3 nitrogen and oxygen atoms in total. The van der Waals surface area contributed by atoms with Gasteiger partial charge in [0, 0.05) is 22.9 Å². The van der Waals surface area contributed by atoms with E-state index in [9.17, 15) is 0 Å². The number of pyridine rings is 2. The summed E-state index contributed by atoms with van der Waals surface area (Å²) in [5.41, 5.74) is 9.56. The quantitative estimate of drug-likeness (QED) is 0.934. The zero-order chi connectivity index (χ0) is 13.2. The Labute approximate surface area is 125 Å². The van der Waals surface area contributed by atoms with E-state index in [1.807, 2.05) is 12.1 Å². The highest BCUT2D eigenvalue weighted by Crippen LogP contribution is 2.31. The van der Waals surface area contributed by atoms with E-state index in [-0.39, 0.29) is 0 Å². The van der Waals surface area contributed by atoms with Gasteiger partial charge in [0.05, 0.1) is 0 Å². The van der Waals surface area contributed by atoms with Crippen molar-refractivity contribution in [3.05, 3.63) is 45.7 Å². The van der Waals surface area contributed by atoms with Crippen molar-refractivity contribution in [2.45, 2.75) is 35.9 Å². The van der Waals surface area contributed by atoms with E-state index < -0.39 is 0 Å². The molecule has 2 N–H and O–H groups in total. The van der Waals surface area contributed by atoms with Gasteiger partial charge in [0.25, 0.3) is 0 Å². The van der Waals surface area contributed by atoms with Crippen LogP contribution < -0.4 is 5.73 Å². The first-order valence-corrected chi connectivity index (χ1v) is 7.88. The maximum atomic E-state index is 5.84. The minimum atomic E-state index is 0.527. The summed E-state index contributed by atoms with van der Waals surface area (Å²) in [5.74, 6) is 0. The second kappa shape index (κ2) is 5.61. The molecule has 2 aromatic rings. The number of nitrogens with zero attached hydrogens (tertiary/aromatic N) is 2. The predicted molar refractivity (Wildman–Crippen MR) is 80.2 cm³/mol. The third-order valence-corrected chi connectivity index (χ3v) is 4.68. The van der Waals surface area contributed by atoms with E-state index in [1.54, 1.807) is 18.0 Å². The molecule has 1 aliphatic rings. The van der Waals surface area contributed by atoms with Crippen LogP contribution in [0.5, 0.6) is 0 Å². The van der Waals surface area contributed by atoms with E-state index in [0.29, 0.717) is 6.54 Å². The molecule has 5 heteroatoms. The lowest BCUT2D eigenvalue weighted by Gasteiger charge is -2.09. The van der Waals surface area contributed by atoms with Crippen LogP contribution in [0, 0.1) is 0 Å². The van der Waals surface area contributed by atoms with E-state index in [0.717, 1.165) is 32.9 Å². The average molecular weight is 336 g/mol. The van der Waals surface area contributed by atoms with Crippen molar-refractivity contribution in [1.82, 2.24) is 9.97 Å². The first kappa shape index (κ1) is 13.1. The van der Waals surface area contributed by atoms with Crippen molar-refractivity contribution in [1.29, 1.82) is 0 Å². The number of hydrogen-bond acceptors (Lipinski definition) is 4. The molecule has 98 valence electrons. The molecular weight excluding hydrogens is 322 g/mol. The Morgan fingerprint density at radius 1 is 1.32 bits per heavy atom. The molecule has 0 saturated heterocycles. The smallest absolute Gasteiger partial charge is 0.107 e. The Bertz CT molecular complexity index is 598. The van der Waals surface area contributed by atoms with E-state index in [2.05, 4.69) is 27.0 Å². The SMILES string of the molecule is NCc1cc2c(nc1Sc1ccc(Br)cn1)CCC2. The largest absolute Gasteiger partial charge is 0.326 e. The molecule has 0 radical (unpaired) electrons. The Hall–Kier alpha value is -0.910. The van der Waals surface area contributed by atoms with Crippen LogP contribution in [0.3, 0.4) is 0 Å². The van der Waals surface area contributed by atoms with Gasteiger partial charge in [-0.05, 0) is 70.2 Å². The summed E-state index contributed by atoms with van der Waals surface area (Å²) in [6.45, 7) is 0.527. The average Bonchev–Trinajstić information content (AvgIpc) is 2.87. The van der Waals surface area contributed by atoms with Crippen molar-refractivity contribution in [2.24, 2.45) is 5.73 Å². The van der Waals surface area contributed by atoms with Crippen LogP contribution in [-0.4, -0.2) is 9.97 Å². The molecule has 0 amide bonds. The van der Waals surface area contributed by atoms with Gasteiger partial charge in [-0.2, -0.15) is 0 Å². The van der Waals surface area contributed by atoms with Gasteiger partial charge in [0.15, 0.2) is 0 Å². The molecule has 2 aromatic heterocycles. The van der Waals surface area contributed by atoms with Gasteiger partial charge in [0.2, 0.25) is 0 Å². The standard InChI is InChI=1S/C14H14BrN3S/c15-11-4-5-13(17-8-11)19-14-10(7-16)6-9-2-1-3-12(9)18-14/h4-6,8H,1-3,7,16H2. The molecule has 1 aliphatic carbocycles. The lowest BCUT2D eigenvalue weighted by Crippen LogP contribution is -2.03. The Kier molecular flexibility index (Phi) is 3.86.